The van der Waals surface area contributed by atoms with Gasteiger partial charge < -0.3 is 0 Å². The van der Waals surface area contributed by atoms with Gasteiger partial charge in [-0.05, 0) is 0 Å². The van der Waals surface area contributed by atoms with Crippen LogP contribution in [0.5, 0.6) is 0 Å². The summed E-state index contributed by atoms with van der Waals surface area (Å²) >= 11 is -6.02. The molecule has 0 aromatic heterocycles. The molecule has 7 heavy (non-hydrogen) atoms. The van der Waals surface area contributed by atoms with Crippen molar-refractivity contribution in [2.75, 3.05) is 0 Å². The summed E-state index contributed by atoms with van der Waals surface area (Å²) in [6.07, 6.45) is 0. The van der Waals surface area contributed by atoms with Crippen molar-refractivity contribution in [2.45, 2.75) is 0 Å². The molecule has 0 aliphatic rings. The number of rotatable bonds is 0. The first-order valence-corrected chi connectivity index (χ1v) is 3.94. The van der Waals surface area contributed by atoms with E-state index in [4.69, 9.17) is 14.3 Å². The molecule has 0 fully saturated rings. The van der Waals surface area contributed by atoms with Gasteiger partial charge in [-0.2, -0.15) is 9.90 Å². The quantitative estimate of drug-likeness (QED) is 0.331. The molecule has 0 spiro atoms. The molecule has 0 bridgehead atoms. The van der Waals surface area contributed by atoms with Gasteiger partial charge in [-0.25, -0.2) is 0 Å². The summed E-state index contributed by atoms with van der Waals surface area (Å²) in [5.74, 6) is 0. The van der Waals surface area contributed by atoms with Crippen LogP contribution in [0, 0.1) is 0 Å². The van der Waals surface area contributed by atoms with E-state index in [-0.39, 0.29) is 47.6 Å². The van der Waals surface area contributed by atoms with Gasteiger partial charge in [0.15, 0.2) is 0 Å². The van der Waals surface area contributed by atoms with E-state index in [1.807, 2.05) is 0 Å². The average Bonchev–Trinajstić information content (AvgIpc) is 0.722. The molecule has 7 heteroatoms. The van der Waals surface area contributed by atoms with Crippen molar-refractivity contribution in [3.63, 3.8) is 0 Å². The van der Waals surface area contributed by atoms with E-state index in [2.05, 4.69) is 0 Å². The van der Waals surface area contributed by atoms with Gasteiger partial charge in [0.1, 0.15) is 0 Å². The molecule has 0 heterocycles. The SMILES string of the molecule is P.[Ca+2].[O]=[Mo](=[O])([O-])[O-]. The van der Waals surface area contributed by atoms with E-state index >= 15 is 0 Å². The van der Waals surface area contributed by atoms with Gasteiger partial charge in [0.2, 0.25) is 0 Å². The van der Waals surface area contributed by atoms with Crippen LogP contribution >= 0.6 is 9.90 Å². The van der Waals surface area contributed by atoms with Crippen molar-refractivity contribution in [3.05, 3.63) is 0 Å². The fourth-order valence-electron chi connectivity index (χ4n) is 0. The van der Waals surface area contributed by atoms with Crippen LogP contribution in [0.4, 0.5) is 0 Å². The molecular weight excluding hydrogens is 231 g/mol. The average molecular weight is 234 g/mol. The molecular formula is H3CaMoO4P. The molecule has 0 aliphatic carbocycles. The Kier molecular flexibility index (Phi) is 13.7. The van der Waals surface area contributed by atoms with Crippen LogP contribution in [0.15, 0.2) is 0 Å². The van der Waals surface area contributed by atoms with Crippen molar-refractivity contribution >= 4 is 47.6 Å². The van der Waals surface area contributed by atoms with Crippen molar-refractivity contribution in [2.24, 2.45) is 0 Å². The Bertz CT molecular complexity index is 94.9. The molecule has 1 unspecified atom stereocenters. The third-order valence-corrected chi connectivity index (χ3v) is 0. The first-order valence-electron chi connectivity index (χ1n) is 0.667. The Balaban J connectivity index is -0.0000000800. The van der Waals surface area contributed by atoms with Crippen LogP contribution in [0.25, 0.3) is 0 Å². The van der Waals surface area contributed by atoms with Crippen molar-refractivity contribution in [3.8, 4) is 0 Å². The van der Waals surface area contributed by atoms with Crippen LogP contribution in [-0.4, -0.2) is 37.7 Å². The number of hydrogen-bond acceptors (Lipinski definition) is 4. The second-order valence-corrected chi connectivity index (χ2v) is 2.42. The predicted octanol–water partition coefficient (Wildman–Crippen LogP) is -2.94. The van der Waals surface area contributed by atoms with Gasteiger partial charge in [0.25, 0.3) is 0 Å². The Morgan fingerprint density at radius 2 is 1.14 bits per heavy atom. The van der Waals surface area contributed by atoms with Crippen LogP contribution in [0.1, 0.15) is 0 Å². The Morgan fingerprint density at radius 3 is 1.14 bits per heavy atom. The van der Waals surface area contributed by atoms with Crippen molar-refractivity contribution in [1.29, 1.82) is 0 Å². The van der Waals surface area contributed by atoms with Crippen LogP contribution in [-0.2, 0) is 23.5 Å². The first-order chi connectivity index (χ1) is 2.00. The summed E-state index contributed by atoms with van der Waals surface area (Å²) in [6.45, 7) is 0. The molecule has 0 saturated carbocycles. The third-order valence-electron chi connectivity index (χ3n) is 0. The van der Waals surface area contributed by atoms with E-state index in [1.165, 1.54) is 0 Å². The molecule has 0 aliphatic heterocycles. The van der Waals surface area contributed by atoms with E-state index in [0.717, 1.165) is 0 Å². The normalized spacial score (nSPS) is 8.29. The maximum atomic E-state index is 8.63. The molecule has 0 rings (SSSR count). The van der Waals surface area contributed by atoms with Crippen molar-refractivity contribution < 1.29 is 31.1 Å². The van der Waals surface area contributed by atoms with Crippen molar-refractivity contribution in [1.82, 2.24) is 0 Å². The molecule has 1 atom stereocenters. The molecule has 0 saturated heterocycles. The summed E-state index contributed by atoms with van der Waals surface area (Å²) in [5, 5.41) is 0. The van der Waals surface area contributed by atoms with Crippen LogP contribution < -0.4 is 7.52 Å². The Labute approximate surface area is 77.6 Å². The standard InChI is InChI=1S/Ca.Mo.4O.H3P/h;;;;;;1H3/q+2;;;;2*-1;. The summed E-state index contributed by atoms with van der Waals surface area (Å²) in [5.41, 5.74) is 0. The minimum atomic E-state index is -6.02. The van der Waals surface area contributed by atoms with Crippen LogP contribution in [0.2, 0.25) is 0 Å². The Hall–Kier alpha value is 1.90. The summed E-state index contributed by atoms with van der Waals surface area (Å²) in [4.78, 5) is 0. The monoisotopic (exact) mass is 236 g/mol. The summed E-state index contributed by atoms with van der Waals surface area (Å²) in [6, 6.07) is 0. The van der Waals surface area contributed by atoms with Gasteiger partial charge in [-0.1, -0.05) is 0 Å². The van der Waals surface area contributed by atoms with E-state index in [9.17, 15) is 0 Å². The zero-order valence-electron chi connectivity index (χ0n) is 3.46. The zero-order chi connectivity index (χ0) is 4.50. The van der Waals surface area contributed by atoms with Gasteiger partial charge in [-0.3, -0.25) is 0 Å². The van der Waals surface area contributed by atoms with Gasteiger partial charge in [0, 0.05) is 0 Å². The fraction of sp³-hybridized carbons (Fsp3) is 0. The van der Waals surface area contributed by atoms with Gasteiger partial charge in [-0.15, -0.1) is 0 Å². The number of hydrogen-bond donors (Lipinski definition) is 0. The molecule has 0 aromatic carbocycles. The third kappa shape index (κ3) is 76.3. The molecule has 0 radical (unpaired) electrons. The van der Waals surface area contributed by atoms with E-state index in [0.29, 0.717) is 0 Å². The van der Waals surface area contributed by atoms with E-state index in [1.54, 1.807) is 0 Å². The van der Waals surface area contributed by atoms with Gasteiger partial charge in [0.05, 0.1) is 0 Å². The fourth-order valence-corrected chi connectivity index (χ4v) is 0. The summed E-state index contributed by atoms with van der Waals surface area (Å²) in [7, 11) is 0. The predicted molar refractivity (Wildman–Crippen MR) is 18.2 cm³/mol. The topological polar surface area (TPSA) is 80.3 Å². The van der Waals surface area contributed by atoms with E-state index < -0.39 is 16.7 Å². The zero-order valence-corrected chi connectivity index (χ0v) is 9.09. The Morgan fingerprint density at radius 1 is 1.14 bits per heavy atom. The molecule has 0 N–H and O–H groups in total. The van der Waals surface area contributed by atoms with Gasteiger partial charge >= 0.3 is 68.8 Å². The second kappa shape index (κ2) is 6.02. The molecule has 4 nitrogen and oxygen atoms in total. The van der Waals surface area contributed by atoms with Crippen LogP contribution in [0.3, 0.4) is 0 Å². The molecule has 40 valence electrons. The maximum absolute atomic E-state index is 8.63. The summed E-state index contributed by atoms with van der Waals surface area (Å²) < 4.78 is 34.5. The first kappa shape index (κ1) is 16.0. The second-order valence-electron chi connectivity index (χ2n) is 0.408. The molecule has 0 aromatic rings. The molecule has 0 amide bonds. The minimum absolute atomic E-state index is 0.